The Kier molecular flexibility index (Phi) is 5.97. The molecule has 0 aliphatic heterocycles. The number of anilines is 1. The number of rotatable bonds is 5. The molecule has 2 amide bonds. The largest absolute Gasteiger partial charge is 0.465 e. The Balaban J connectivity index is 1.67. The van der Waals surface area contributed by atoms with Gasteiger partial charge in [-0.2, -0.15) is 0 Å². The van der Waals surface area contributed by atoms with E-state index in [4.69, 9.17) is 0 Å². The molecule has 0 saturated carbocycles. The monoisotopic (exact) mass is 395 g/mol. The van der Waals surface area contributed by atoms with E-state index in [2.05, 4.69) is 15.4 Å². The van der Waals surface area contributed by atoms with Crippen LogP contribution in [0.4, 0.5) is 14.9 Å². The van der Waals surface area contributed by atoms with Gasteiger partial charge in [-0.3, -0.25) is 0 Å². The van der Waals surface area contributed by atoms with Gasteiger partial charge in [-0.15, -0.1) is 0 Å². The molecule has 0 saturated heterocycles. The first-order valence-corrected chi connectivity index (χ1v) is 9.06. The molecule has 3 rings (SSSR count). The average molecular weight is 395 g/mol. The summed E-state index contributed by atoms with van der Waals surface area (Å²) in [6.45, 7) is 4.23. The van der Waals surface area contributed by atoms with Gasteiger partial charge in [-0.25, -0.2) is 14.0 Å². The van der Waals surface area contributed by atoms with Crippen molar-refractivity contribution in [2.45, 2.75) is 20.4 Å². The van der Waals surface area contributed by atoms with Gasteiger partial charge in [0.05, 0.1) is 12.7 Å². The van der Waals surface area contributed by atoms with Crippen LogP contribution in [0.5, 0.6) is 0 Å². The number of halogens is 1. The highest BCUT2D eigenvalue weighted by atomic mass is 19.1. The van der Waals surface area contributed by atoms with Gasteiger partial charge >= 0.3 is 12.0 Å². The minimum absolute atomic E-state index is 0.286. The number of hydrogen-bond donors (Lipinski definition) is 2. The van der Waals surface area contributed by atoms with E-state index in [0.29, 0.717) is 17.8 Å². The van der Waals surface area contributed by atoms with Crippen LogP contribution in [0.15, 0.2) is 54.6 Å². The summed E-state index contributed by atoms with van der Waals surface area (Å²) in [6.07, 6.45) is 0. The Morgan fingerprint density at radius 3 is 2.48 bits per heavy atom. The van der Waals surface area contributed by atoms with Crippen LogP contribution in [0, 0.1) is 19.7 Å². The number of urea groups is 1. The molecule has 0 unspecified atom stereocenters. The van der Waals surface area contributed by atoms with Gasteiger partial charge in [0.15, 0.2) is 0 Å². The first-order chi connectivity index (χ1) is 13.9. The summed E-state index contributed by atoms with van der Waals surface area (Å²) < 4.78 is 19.9. The second-order valence-electron chi connectivity index (χ2n) is 6.59. The van der Waals surface area contributed by atoms with E-state index < -0.39 is 12.0 Å². The fourth-order valence-corrected chi connectivity index (χ4v) is 3.19. The van der Waals surface area contributed by atoms with Gasteiger partial charge in [0.25, 0.3) is 0 Å². The number of esters is 1. The zero-order valence-electron chi connectivity index (χ0n) is 16.5. The normalized spacial score (nSPS) is 10.5. The number of carbonyl (C=O) groups excluding carboxylic acids is 2. The number of aryl methyl sites for hydroxylation is 1. The van der Waals surface area contributed by atoms with Crippen LogP contribution in [0.2, 0.25) is 0 Å². The Morgan fingerprint density at radius 2 is 1.79 bits per heavy atom. The number of carbonyl (C=O) groups is 2. The molecule has 150 valence electrons. The molecule has 0 bridgehead atoms. The Bertz CT molecular complexity index is 1040. The molecule has 0 radical (unpaired) electrons. The van der Waals surface area contributed by atoms with Crippen molar-refractivity contribution in [1.82, 2.24) is 9.88 Å². The summed E-state index contributed by atoms with van der Waals surface area (Å²) in [5.74, 6) is -0.756. The van der Waals surface area contributed by atoms with Crippen molar-refractivity contribution in [3.05, 3.63) is 82.9 Å². The minimum Gasteiger partial charge on any atom is -0.465 e. The molecule has 0 fully saturated rings. The number of aromatic nitrogens is 1. The van der Waals surface area contributed by atoms with Crippen LogP contribution in [0.3, 0.4) is 0 Å². The maximum Gasteiger partial charge on any atom is 0.337 e. The topological polar surface area (TPSA) is 72.4 Å². The molecule has 6 nitrogen and oxygen atoms in total. The molecule has 1 aromatic heterocycles. The predicted molar refractivity (Wildman–Crippen MR) is 109 cm³/mol. The van der Waals surface area contributed by atoms with Crippen molar-refractivity contribution in [3.8, 4) is 5.69 Å². The van der Waals surface area contributed by atoms with Gasteiger partial charge < -0.3 is 19.9 Å². The summed E-state index contributed by atoms with van der Waals surface area (Å²) in [6, 6.07) is 14.4. The third-order valence-electron chi connectivity index (χ3n) is 4.60. The van der Waals surface area contributed by atoms with E-state index >= 15 is 0 Å². The Morgan fingerprint density at radius 1 is 1.07 bits per heavy atom. The molecule has 2 N–H and O–H groups in total. The lowest BCUT2D eigenvalue weighted by Gasteiger charge is -2.11. The van der Waals surface area contributed by atoms with E-state index in [9.17, 15) is 14.0 Å². The average Bonchev–Trinajstić information content (AvgIpc) is 3.00. The van der Waals surface area contributed by atoms with Crippen LogP contribution in [0.1, 0.15) is 27.3 Å². The second-order valence-corrected chi connectivity index (χ2v) is 6.59. The summed E-state index contributed by atoms with van der Waals surface area (Å²) in [5, 5.41) is 5.52. The van der Waals surface area contributed by atoms with Crippen LogP contribution < -0.4 is 10.6 Å². The van der Waals surface area contributed by atoms with Gasteiger partial charge in [-0.1, -0.05) is 6.07 Å². The van der Waals surface area contributed by atoms with Crippen LogP contribution in [-0.4, -0.2) is 23.7 Å². The number of ether oxygens (including phenoxy) is 1. The molecule has 3 aromatic rings. The third kappa shape index (κ3) is 4.63. The smallest absolute Gasteiger partial charge is 0.337 e. The summed E-state index contributed by atoms with van der Waals surface area (Å²) in [7, 11) is 1.30. The van der Waals surface area contributed by atoms with Crippen molar-refractivity contribution in [1.29, 1.82) is 0 Å². The van der Waals surface area contributed by atoms with Gasteiger partial charge in [0.2, 0.25) is 0 Å². The van der Waals surface area contributed by atoms with Crippen LogP contribution in [-0.2, 0) is 11.3 Å². The lowest BCUT2D eigenvalue weighted by atomic mass is 10.2. The van der Waals surface area contributed by atoms with Crippen LogP contribution in [0.25, 0.3) is 5.69 Å². The van der Waals surface area contributed by atoms with Crippen molar-refractivity contribution >= 4 is 17.7 Å². The van der Waals surface area contributed by atoms with Crippen molar-refractivity contribution < 1.29 is 18.7 Å². The first-order valence-electron chi connectivity index (χ1n) is 9.06. The quantitative estimate of drug-likeness (QED) is 0.631. The molecule has 0 spiro atoms. The van der Waals surface area contributed by atoms with E-state index in [0.717, 1.165) is 22.6 Å². The fourth-order valence-electron chi connectivity index (χ4n) is 3.19. The second kappa shape index (κ2) is 8.60. The fraction of sp³-hybridized carbons (Fsp3) is 0.182. The van der Waals surface area contributed by atoms with Gasteiger partial charge in [0.1, 0.15) is 5.82 Å². The third-order valence-corrected chi connectivity index (χ3v) is 4.60. The highest BCUT2D eigenvalue weighted by Crippen LogP contribution is 2.21. The number of nitrogens with one attached hydrogen (secondary N) is 2. The molecule has 1 heterocycles. The molecular weight excluding hydrogens is 373 g/mol. The molecule has 0 atom stereocenters. The van der Waals surface area contributed by atoms with Gasteiger partial charge in [0, 0.05) is 29.3 Å². The zero-order valence-corrected chi connectivity index (χ0v) is 16.5. The number of methoxy groups -OCH3 is 1. The highest BCUT2D eigenvalue weighted by molar-refractivity contribution is 5.93. The molecular formula is C22H22FN3O3. The molecule has 29 heavy (non-hydrogen) atoms. The number of amides is 2. The van der Waals surface area contributed by atoms with Crippen molar-refractivity contribution in [2.24, 2.45) is 0 Å². The highest BCUT2D eigenvalue weighted by Gasteiger charge is 2.12. The molecule has 0 aliphatic carbocycles. The summed E-state index contributed by atoms with van der Waals surface area (Å²) in [4.78, 5) is 23.9. The van der Waals surface area contributed by atoms with Crippen LogP contribution >= 0.6 is 0 Å². The standard InChI is InChI=1S/C22H22FN3O3/c1-14-11-17(15(2)26(14)20-9-7-18(23)8-10-20)13-24-22(28)25-19-6-4-5-16(12-19)21(27)29-3/h4-12H,13H2,1-3H3,(H2,24,25,28). The van der Waals surface area contributed by atoms with E-state index in [-0.39, 0.29) is 5.82 Å². The number of nitrogens with zero attached hydrogens (tertiary/aromatic N) is 1. The van der Waals surface area contributed by atoms with Crippen molar-refractivity contribution in [3.63, 3.8) is 0 Å². The van der Waals surface area contributed by atoms with Gasteiger partial charge in [-0.05, 0) is 67.9 Å². The van der Waals surface area contributed by atoms with Crippen molar-refractivity contribution in [2.75, 3.05) is 12.4 Å². The maximum absolute atomic E-state index is 13.2. The minimum atomic E-state index is -0.470. The first kappa shape index (κ1) is 20.1. The molecule has 0 aliphatic rings. The van der Waals surface area contributed by atoms with E-state index in [1.807, 2.05) is 24.5 Å². The summed E-state index contributed by atoms with van der Waals surface area (Å²) >= 11 is 0. The molecule has 2 aromatic carbocycles. The zero-order chi connectivity index (χ0) is 21.0. The predicted octanol–water partition coefficient (Wildman–Crippen LogP) is 4.34. The number of benzene rings is 2. The lowest BCUT2D eigenvalue weighted by molar-refractivity contribution is 0.0600. The van der Waals surface area contributed by atoms with E-state index in [1.54, 1.807) is 36.4 Å². The Labute approximate surface area is 168 Å². The Hall–Kier alpha value is -3.61. The maximum atomic E-state index is 13.2. The SMILES string of the molecule is COC(=O)c1cccc(NC(=O)NCc2cc(C)n(-c3ccc(F)cc3)c2C)c1. The summed E-state index contributed by atoms with van der Waals surface area (Å²) in [5.41, 5.74) is 4.59. The molecule has 7 heteroatoms. The number of hydrogen-bond acceptors (Lipinski definition) is 3. The lowest BCUT2D eigenvalue weighted by Crippen LogP contribution is -2.28. The van der Waals surface area contributed by atoms with E-state index in [1.165, 1.54) is 19.2 Å².